The Morgan fingerprint density at radius 3 is 2.26 bits per heavy atom. The molecule has 0 fully saturated rings. The van der Waals surface area contributed by atoms with Gasteiger partial charge >= 0.3 is 0 Å². The average molecular weight is 287 g/mol. The smallest absolute Gasteiger partial charge is 0.251 e. The zero-order valence-corrected chi connectivity index (χ0v) is 12.7. The molecule has 0 saturated carbocycles. The van der Waals surface area contributed by atoms with Crippen LogP contribution in [0.15, 0.2) is 24.3 Å². The number of hydrogen-bond donors (Lipinski definition) is 2. The first-order valence-electron chi connectivity index (χ1n) is 6.09. The molecule has 0 aromatic heterocycles. The summed E-state index contributed by atoms with van der Waals surface area (Å²) in [7, 11) is 1.60. The lowest BCUT2D eigenvalue weighted by Gasteiger charge is -2.33. The van der Waals surface area contributed by atoms with E-state index in [9.17, 15) is 4.79 Å². The quantitative estimate of drug-likeness (QED) is 0.872. The molecule has 1 rings (SSSR count). The first kappa shape index (κ1) is 17.7. The third kappa shape index (κ3) is 4.40. The molecule has 1 amide bonds. The number of amides is 1. The average Bonchev–Trinajstić information content (AvgIpc) is 2.38. The maximum atomic E-state index is 12.1. The van der Waals surface area contributed by atoms with E-state index in [1.807, 2.05) is 20.8 Å². The fourth-order valence-electron chi connectivity index (χ4n) is 1.50. The number of carbonyl (C=O) groups is 1. The van der Waals surface area contributed by atoms with E-state index in [1.54, 1.807) is 31.4 Å². The fraction of sp³-hybridized carbons (Fsp3) is 0.500. The molecular formula is C14H23ClN2O2. The third-order valence-electron chi connectivity index (χ3n) is 3.45. The van der Waals surface area contributed by atoms with Crippen LogP contribution >= 0.6 is 12.4 Å². The molecule has 1 atom stereocenters. The number of nitrogens with two attached hydrogens (primary N) is 1. The van der Waals surface area contributed by atoms with Gasteiger partial charge in [0.2, 0.25) is 0 Å². The van der Waals surface area contributed by atoms with Crippen LogP contribution in [0.3, 0.4) is 0 Å². The summed E-state index contributed by atoms with van der Waals surface area (Å²) in [6, 6.07) is 7.02. The number of benzene rings is 1. The molecule has 4 nitrogen and oxygen atoms in total. The lowest BCUT2D eigenvalue weighted by atomic mass is 9.88. The van der Waals surface area contributed by atoms with E-state index < -0.39 is 5.54 Å². The molecule has 0 spiro atoms. The molecule has 0 aliphatic carbocycles. The van der Waals surface area contributed by atoms with Gasteiger partial charge in [-0.1, -0.05) is 13.8 Å². The Balaban J connectivity index is 0.00000324. The molecule has 0 radical (unpaired) electrons. The van der Waals surface area contributed by atoms with Gasteiger partial charge < -0.3 is 15.8 Å². The number of rotatable bonds is 5. The Morgan fingerprint density at radius 1 is 1.37 bits per heavy atom. The summed E-state index contributed by atoms with van der Waals surface area (Å²) < 4.78 is 5.06. The van der Waals surface area contributed by atoms with Gasteiger partial charge in [0.1, 0.15) is 5.75 Å². The minimum Gasteiger partial charge on any atom is -0.497 e. The number of ether oxygens (including phenoxy) is 1. The zero-order valence-electron chi connectivity index (χ0n) is 11.9. The van der Waals surface area contributed by atoms with Crippen LogP contribution in [0.1, 0.15) is 31.1 Å². The highest BCUT2D eigenvalue weighted by Gasteiger charge is 2.28. The molecular weight excluding hydrogens is 264 g/mol. The third-order valence-corrected chi connectivity index (χ3v) is 3.45. The van der Waals surface area contributed by atoms with Crippen LogP contribution in [0.4, 0.5) is 0 Å². The monoisotopic (exact) mass is 286 g/mol. The predicted octanol–water partition coefficient (Wildman–Crippen LogP) is 2.22. The first-order valence-corrected chi connectivity index (χ1v) is 6.09. The summed E-state index contributed by atoms with van der Waals surface area (Å²) in [5.41, 5.74) is 5.96. The molecule has 108 valence electrons. The fourth-order valence-corrected chi connectivity index (χ4v) is 1.50. The van der Waals surface area contributed by atoms with Crippen LogP contribution in [-0.2, 0) is 0 Å². The molecule has 0 bridgehead atoms. The predicted molar refractivity (Wildman–Crippen MR) is 80.0 cm³/mol. The Kier molecular flexibility index (Phi) is 6.87. The number of methoxy groups -OCH3 is 1. The van der Waals surface area contributed by atoms with Gasteiger partial charge in [-0.2, -0.15) is 0 Å². The van der Waals surface area contributed by atoms with E-state index in [2.05, 4.69) is 5.32 Å². The molecule has 1 unspecified atom stereocenters. The van der Waals surface area contributed by atoms with Crippen LogP contribution in [0.2, 0.25) is 0 Å². The molecule has 0 heterocycles. The second-order valence-electron chi connectivity index (χ2n) is 4.96. The van der Waals surface area contributed by atoms with Crippen molar-refractivity contribution in [2.24, 2.45) is 11.7 Å². The number of halogens is 1. The molecule has 1 aromatic carbocycles. The molecule has 0 aliphatic rings. The van der Waals surface area contributed by atoms with Crippen LogP contribution < -0.4 is 15.8 Å². The second-order valence-corrected chi connectivity index (χ2v) is 4.96. The number of carbonyl (C=O) groups excluding carboxylic acids is 1. The molecule has 3 N–H and O–H groups in total. The maximum Gasteiger partial charge on any atom is 0.251 e. The highest BCUT2D eigenvalue weighted by atomic mass is 35.5. The molecule has 19 heavy (non-hydrogen) atoms. The Hall–Kier alpha value is -1.26. The van der Waals surface area contributed by atoms with Crippen molar-refractivity contribution in [2.45, 2.75) is 26.3 Å². The van der Waals surface area contributed by atoms with E-state index in [4.69, 9.17) is 10.5 Å². The standard InChI is InChI=1S/C14H22N2O2.ClH/c1-10(2)14(3,9-15)16-13(17)11-5-7-12(18-4)8-6-11;/h5-8,10H,9,15H2,1-4H3,(H,16,17);1H. The molecule has 0 saturated heterocycles. The van der Waals surface area contributed by atoms with Crippen LogP contribution in [0.5, 0.6) is 5.75 Å². The van der Waals surface area contributed by atoms with Crippen molar-refractivity contribution in [1.29, 1.82) is 0 Å². The van der Waals surface area contributed by atoms with Gasteiger partial charge in [0, 0.05) is 12.1 Å². The Bertz CT molecular complexity index is 406. The maximum absolute atomic E-state index is 12.1. The van der Waals surface area contributed by atoms with E-state index in [0.717, 1.165) is 5.75 Å². The molecule has 5 heteroatoms. The summed E-state index contributed by atoms with van der Waals surface area (Å²) in [5.74, 6) is 0.890. The SMILES string of the molecule is COc1ccc(C(=O)NC(C)(CN)C(C)C)cc1.Cl. The van der Waals surface area contributed by atoms with Gasteiger partial charge in [-0.05, 0) is 37.1 Å². The summed E-state index contributed by atoms with van der Waals surface area (Å²) in [6.07, 6.45) is 0. The van der Waals surface area contributed by atoms with Gasteiger partial charge in [-0.3, -0.25) is 4.79 Å². The van der Waals surface area contributed by atoms with Crippen LogP contribution in [0.25, 0.3) is 0 Å². The van der Waals surface area contributed by atoms with Crippen molar-refractivity contribution in [2.75, 3.05) is 13.7 Å². The lowest BCUT2D eigenvalue weighted by Crippen LogP contribution is -2.55. The van der Waals surface area contributed by atoms with E-state index >= 15 is 0 Å². The normalized spacial score (nSPS) is 13.4. The van der Waals surface area contributed by atoms with Crippen molar-refractivity contribution in [3.8, 4) is 5.75 Å². The van der Waals surface area contributed by atoms with Gasteiger partial charge in [0.05, 0.1) is 12.6 Å². The summed E-state index contributed by atoms with van der Waals surface area (Å²) in [6.45, 7) is 6.45. The minimum atomic E-state index is -0.392. The van der Waals surface area contributed by atoms with Crippen molar-refractivity contribution < 1.29 is 9.53 Å². The summed E-state index contributed by atoms with van der Waals surface area (Å²) in [5, 5.41) is 2.99. The number of hydrogen-bond acceptors (Lipinski definition) is 3. The van der Waals surface area contributed by atoms with Gasteiger partial charge in [-0.15, -0.1) is 12.4 Å². The zero-order chi connectivity index (χ0) is 13.8. The van der Waals surface area contributed by atoms with Gasteiger partial charge in [0.25, 0.3) is 5.91 Å². The van der Waals surface area contributed by atoms with Gasteiger partial charge in [0.15, 0.2) is 0 Å². The van der Waals surface area contributed by atoms with Crippen molar-refractivity contribution in [3.05, 3.63) is 29.8 Å². The Morgan fingerprint density at radius 2 is 1.89 bits per heavy atom. The Labute approximate surface area is 121 Å². The minimum absolute atomic E-state index is 0. The van der Waals surface area contributed by atoms with E-state index in [1.165, 1.54) is 0 Å². The highest BCUT2D eigenvalue weighted by molar-refractivity contribution is 5.94. The van der Waals surface area contributed by atoms with Crippen LogP contribution in [0, 0.1) is 5.92 Å². The molecule has 1 aromatic rings. The molecule has 0 aliphatic heterocycles. The second kappa shape index (κ2) is 7.36. The summed E-state index contributed by atoms with van der Waals surface area (Å²) >= 11 is 0. The first-order chi connectivity index (χ1) is 8.42. The highest BCUT2D eigenvalue weighted by Crippen LogP contribution is 2.17. The van der Waals surface area contributed by atoms with E-state index in [0.29, 0.717) is 12.1 Å². The largest absolute Gasteiger partial charge is 0.497 e. The van der Waals surface area contributed by atoms with Crippen molar-refractivity contribution in [1.82, 2.24) is 5.32 Å². The van der Waals surface area contributed by atoms with E-state index in [-0.39, 0.29) is 24.2 Å². The van der Waals surface area contributed by atoms with Gasteiger partial charge in [-0.25, -0.2) is 0 Å². The van der Waals surface area contributed by atoms with Crippen molar-refractivity contribution in [3.63, 3.8) is 0 Å². The van der Waals surface area contributed by atoms with Crippen molar-refractivity contribution >= 4 is 18.3 Å². The summed E-state index contributed by atoms with van der Waals surface area (Å²) in [4.78, 5) is 12.1. The van der Waals surface area contributed by atoms with Crippen LogP contribution in [-0.4, -0.2) is 25.1 Å². The number of nitrogens with one attached hydrogen (secondary N) is 1. The lowest BCUT2D eigenvalue weighted by molar-refractivity contribution is 0.0883. The topological polar surface area (TPSA) is 64.3 Å².